The van der Waals surface area contributed by atoms with Crippen LogP contribution in [0.2, 0.25) is 0 Å². The molecule has 3 rings (SSSR count). The number of rotatable bonds is 2. The van der Waals surface area contributed by atoms with Crippen molar-refractivity contribution in [2.45, 2.75) is 32.6 Å². The van der Waals surface area contributed by atoms with Crippen LogP contribution in [0.3, 0.4) is 0 Å². The third kappa shape index (κ3) is 2.27. The lowest BCUT2D eigenvalue weighted by atomic mass is 9.95. The molecule has 2 heterocycles. The topological polar surface area (TPSA) is 74.8 Å². The number of thiophene rings is 1. The summed E-state index contributed by atoms with van der Waals surface area (Å²) in [6.45, 7) is 1.70. The van der Waals surface area contributed by atoms with E-state index in [-0.39, 0.29) is 17.2 Å². The van der Waals surface area contributed by atoms with Gasteiger partial charge in [0.1, 0.15) is 5.69 Å². The molecule has 0 saturated carbocycles. The highest BCUT2D eigenvalue weighted by molar-refractivity contribution is 7.10. The Morgan fingerprint density at radius 3 is 3.00 bits per heavy atom. The van der Waals surface area contributed by atoms with Gasteiger partial charge in [0.2, 0.25) is 0 Å². The lowest BCUT2D eigenvalue weighted by Crippen LogP contribution is -2.22. The Morgan fingerprint density at radius 1 is 1.40 bits per heavy atom. The minimum Gasteiger partial charge on any atom is -0.316 e. The Labute approximate surface area is 120 Å². The first-order chi connectivity index (χ1) is 9.66. The number of aromatic nitrogens is 2. The van der Waals surface area contributed by atoms with Gasteiger partial charge in [0.15, 0.2) is 0 Å². The van der Waals surface area contributed by atoms with Crippen LogP contribution in [0.5, 0.6) is 0 Å². The van der Waals surface area contributed by atoms with Crippen LogP contribution in [0.15, 0.2) is 16.5 Å². The van der Waals surface area contributed by atoms with Crippen LogP contribution in [0.25, 0.3) is 0 Å². The van der Waals surface area contributed by atoms with Crippen molar-refractivity contribution < 1.29 is 4.79 Å². The third-order valence-electron chi connectivity index (χ3n) is 3.59. The second kappa shape index (κ2) is 5.20. The van der Waals surface area contributed by atoms with E-state index in [4.69, 9.17) is 0 Å². The van der Waals surface area contributed by atoms with E-state index in [1.54, 1.807) is 18.3 Å². The number of amides is 1. The fourth-order valence-electron chi connectivity index (χ4n) is 2.50. The summed E-state index contributed by atoms with van der Waals surface area (Å²) in [7, 11) is 0. The Bertz CT molecular complexity index is 717. The molecular formula is C14H15N3O2S. The number of carbonyl (C=O) groups is 1. The number of carbonyl (C=O) groups excluding carboxylic acids is 1. The number of aromatic amines is 1. The van der Waals surface area contributed by atoms with Crippen molar-refractivity contribution in [3.05, 3.63) is 43.8 Å². The minimum absolute atomic E-state index is 0.217. The molecule has 0 bridgehead atoms. The van der Waals surface area contributed by atoms with Crippen LogP contribution in [0.4, 0.5) is 5.69 Å². The highest BCUT2D eigenvalue weighted by Gasteiger charge is 2.21. The van der Waals surface area contributed by atoms with Crippen molar-refractivity contribution in [3.8, 4) is 0 Å². The number of hydrogen-bond donors (Lipinski definition) is 2. The van der Waals surface area contributed by atoms with E-state index < -0.39 is 0 Å². The molecule has 1 aliphatic carbocycles. The summed E-state index contributed by atoms with van der Waals surface area (Å²) in [5.41, 5.74) is 2.28. The highest BCUT2D eigenvalue weighted by atomic mass is 32.1. The van der Waals surface area contributed by atoms with Gasteiger partial charge >= 0.3 is 0 Å². The molecule has 5 nitrogen and oxygen atoms in total. The van der Waals surface area contributed by atoms with E-state index in [9.17, 15) is 9.59 Å². The molecule has 0 fully saturated rings. The smallest absolute Gasteiger partial charge is 0.274 e. The first kappa shape index (κ1) is 13.1. The van der Waals surface area contributed by atoms with Crippen LogP contribution in [-0.2, 0) is 12.8 Å². The summed E-state index contributed by atoms with van der Waals surface area (Å²) in [6, 6.07) is 0. The molecule has 0 aliphatic heterocycles. The number of nitrogens with zero attached hydrogens (tertiary/aromatic N) is 1. The zero-order valence-electron chi connectivity index (χ0n) is 11.2. The van der Waals surface area contributed by atoms with Crippen LogP contribution in [0.1, 0.15) is 39.3 Å². The third-order valence-corrected chi connectivity index (χ3v) is 4.68. The van der Waals surface area contributed by atoms with Crippen molar-refractivity contribution in [1.29, 1.82) is 0 Å². The summed E-state index contributed by atoms with van der Waals surface area (Å²) in [6.07, 6.45) is 5.65. The Morgan fingerprint density at radius 2 is 2.20 bits per heavy atom. The van der Waals surface area contributed by atoms with Gasteiger partial charge in [-0.15, -0.1) is 11.3 Å². The summed E-state index contributed by atoms with van der Waals surface area (Å²) < 4.78 is 0. The average Bonchev–Trinajstić information content (AvgIpc) is 2.87. The first-order valence-corrected chi connectivity index (χ1v) is 7.49. The molecule has 0 atom stereocenters. The molecule has 2 aromatic rings. The lowest BCUT2D eigenvalue weighted by molar-refractivity contribution is 0.102. The second-order valence-electron chi connectivity index (χ2n) is 4.90. The van der Waals surface area contributed by atoms with Gasteiger partial charge in [0.25, 0.3) is 11.5 Å². The molecular weight excluding hydrogens is 274 g/mol. The quantitative estimate of drug-likeness (QED) is 0.890. The lowest BCUT2D eigenvalue weighted by Gasteiger charge is -2.12. The maximum atomic E-state index is 12.4. The summed E-state index contributed by atoms with van der Waals surface area (Å²) in [5, 5.41) is 4.59. The number of aryl methyl sites for hydroxylation is 2. The van der Waals surface area contributed by atoms with Gasteiger partial charge < -0.3 is 10.3 Å². The van der Waals surface area contributed by atoms with Crippen molar-refractivity contribution in [1.82, 2.24) is 9.97 Å². The van der Waals surface area contributed by atoms with Crippen LogP contribution in [-0.4, -0.2) is 15.9 Å². The maximum absolute atomic E-state index is 12.4. The fraction of sp³-hybridized carbons (Fsp3) is 0.357. The first-order valence-electron chi connectivity index (χ1n) is 6.61. The molecule has 1 aliphatic rings. The van der Waals surface area contributed by atoms with Gasteiger partial charge in [-0.25, -0.2) is 4.98 Å². The van der Waals surface area contributed by atoms with Gasteiger partial charge in [-0.2, -0.15) is 0 Å². The normalized spacial score (nSPS) is 13.8. The van der Waals surface area contributed by atoms with E-state index >= 15 is 0 Å². The molecule has 0 saturated heterocycles. The molecule has 0 radical (unpaired) electrons. The standard InChI is InChI=1S/C14H15N3O2S/c1-8-12(14(19)16-7-15-8)17-13(18)10-6-20-11-5-3-2-4-9(10)11/h6-7H,2-5H2,1H3,(H,17,18)(H,15,16,19). The Balaban J connectivity index is 1.91. The molecule has 0 spiro atoms. The fourth-order valence-corrected chi connectivity index (χ4v) is 3.63. The summed E-state index contributed by atoms with van der Waals surface area (Å²) >= 11 is 1.64. The average molecular weight is 289 g/mol. The van der Waals surface area contributed by atoms with Crippen LogP contribution in [0, 0.1) is 6.92 Å². The zero-order chi connectivity index (χ0) is 14.1. The minimum atomic E-state index is -0.324. The highest BCUT2D eigenvalue weighted by Crippen LogP contribution is 2.30. The Kier molecular flexibility index (Phi) is 3.40. The number of anilines is 1. The molecule has 1 amide bonds. The second-order valence-corrected chi connectivity index (χ2v) is 5.87. The van der Waals surface area contributed by atoms with E-state index in [0.29, 0.717) is 11.3 Å². The van der Waals surface area contributed by atoms with E-state index in [1.807, 2.05) is 5.38 Å². The molecule has 20 heavy (non-hydrogen) atoms. The van der Waals surface area contributed by atoms with Gasteiger partial charge in [-0.3, -0.25) is 9.59 Å². The van der Waals surface area contributed by atoms with Gasteiger partial charge in [-0.05, 0) is 38.2 Å². The van der Waals surface area contributed by atoms with Crippen LogP contribution < -0.4 is 10.9 Å². The largest absolute Gasteiger partial charge is 0.316 e. The van der Waals surface area contributed by atoms with Crippen molar-refractivity contribution >= 4 is 22.9 Å². The van der Waals surface area contributed by atoms with E-state index in [1.165, 1.54) is 17.6 Å². The number of fused-ring (bicyclic) bond motifs is 1. The van der Waals surface area contributed by atoms with E-state index in [0.717, 1.165) is 24.8 Å². The van der Waals surface area contributed by atoms with Gasteiger partial charge in [0.05, 0.1) is 17.6 Å². The SMILES string of the molecule is Cc1nc[nH]c(=O)c1NC(=O)c1csc2c1CCCC2. The molecule has 104 valence electrons. The molecule has 0 aromatic carbocycles. The van der Waals surface area contributed by atoms with Crippen molar-refractivity contribution in [2.75, 3.05) is 5.32 Å². The number of nitrogens with one attached hydrogen (secondary N) is 2. The summed E-state index contributed by atoms with van der Waals surface area (Å²) in [5.74, 6) is -0.217. The maximum Gasteiger partial charge on any atom is 0.274 e. The van der Waals surface area contributed by atoms with Crippen molar-refractivity contribution in [2.24, 2.45) is 0 Å². The predicted molar refractivity (Wildman–Crippen MR) is 78.5 cm³/mol. The van der Waals surface area contributed by atoms with Crippen molar-refractivity contribution in [3.63, 3.8) is 0 Å². The van der Waals surface area contributed by atoms with Gasteiger partial charge in [0, 0.05) is 10.3 Å². The predicted octanol–water partition coefficient (Wildman–Crippen LogP) is 2.27. The summed E-state index contributed by atoms with van der Waals surface area (Å²) in [4.78, 5) is 31.9. The number of hydrogen-bond acceptors (Lipinski definition) is 4. The van der Waals surface area contributed by atoms with E-state index in [2.05, 4.69) is 15.3 Å². The molecule has 0 unspecified atom stereocenters. The monoisotopic (exact) mass is 289 g/mol. The van der Waals surface area contributed by atoms with Gasteiger partial charge in [-0.1, -0.05) is 0 Å². The zero-order valence-corrected chi connectivity index (χ0v) is 12.0. The molecule has 2 N–H and O–H groups in total. The Hall–Kier alpha value is -1.95. The van der Waals surface area contributed by atoms with Crippen LogP contribution >= 0.6 is 11.3 Å². The molecule has 2 aromatic heterocycles. The molecule has 6 heteroatoms. The number of H-pyrrole nitrogens is 1.